The summed E-state index contributed by atoms with van der Waals surface area (Å²) in [6, 6.07) is 0. The van der Waals surface area contributed by atoms with E-state index in [1.165, 1.54) is 0 Å². The maximum absolute atomic E-state index is 9.04. The zero-order valence-corrected chi connectivity index (χ0v) is 7.76. The molecule has 7 heteroatoms. The van der Waals surface area contributed by atoms with Gasteiger partial charge in [0.15, 0.2) is 0 Å². The summed E-state index contributed by atoms with van der Waals surface area (Å²) in [6.45, 7) is -0.911. The molecule has 0 spiro atoms. The van der Waals surface area contributed by atoms with E-state index in [0.717, 1.165) is 0 Å². The molecule has 0 fully saturated rings. The Labute approximate surface area is 82.0 Å². The van der Waals surface area contributed by atoms with Gasteiger partial charge >= 0.3 is 0 Å². The molecule has 0 rings (SSSR count). The maximum atomic E-state index is 9.04. The first-order valence-electron chi connectivity index (χ1n) is 3.57. The molecule has 0 unspecified atom stereocenters. The Hall–Kier alpha value is 0.0500. The highest BCUT2D eigenvalue weighted by atomic mass is 35.5. The molecule has 0 aromatic carbocycles. The molecule has 13 heavy (non-hydrogen) atoms. The van der Waals surface area contributed by atoms with Gasteiger partial charge < -0.3 is 31.3 Å². The number of hydrogen-bond donors (Lipinski definition) is 6. The fraction of sp³-hybridized carbons (Fsp3) is 1.00. The van der Waals surface area contributed by atoms with Crippen LogP contribution in [0.15, 0.2) is 0 Å². The van der Waals surface area contributed by atoms with Crippen LogP contribution in [-0.4, -0.2) is 63.1 Å². The maximum Gasteiger partial charge on any atom is 0.111 e. The van der Waals surface area contributed by atoms with E-state index in [1.54, 1.807) is 0 Å². The van der Waals surface area contributed by atoms with Gasteiger partial charge in [0, 0.05) is 6.54 Å². The van der Waals surface area contributed by atoms with Gasteiger partial charge in [-0.1, -0.05) is 0 Å². The minimum atomic E-state index is -1.59. The average Bonchev–Trinajstić information content (AvgIpc) is 2.12. The molecule has 6 nitrogen and oxygen atoms in total. The lowest BCUT2D eigenvalue weighted by atomic mass is 10.0. The van der Waals surface area contributed by atoms with Crippen molar-refractivity contribution >= 4 is 12.4 Å². The van der Waals surface area contributed by atoms with Crippen molar-refractivity contribution in [1.29, 1.82) is 0 Å². The lowest BCUT2D eigenvalue weighted by Crippen LogP contribution is -2.48. The van der Waals surface area contributed by atoms with Crippen LogP contribution < -0.4 is 5.73 Å². The summed E-state index contributed by atoms with van der Waals surface area (Å²) in [5.41, 5.74) is 4.99. The van der Waals surface area contributed by atoms with Crippen LogP contribution in [0.25, 0.3) is 0 Å². The molecule has 0 heterocycles. The van der Waals surface area contributed by atoms with Gasteiger partial charge in [0.2, 0.25) is 0 Å². The van der Waals surface area contributed by atoms with E-state index in [0.29, 0.717) is 0 Å². The van der Waals surface area contributed by atoms with E-state index in [4.69, 9.17) is 31.3 Å². The monoisotopic (exact) mass is 217 g/mol. The molecule has 0 radical (unpaired) electrons. The van der Waals surface area contributed by atoms with Gasteiger partial charge in [-0.25, -0.2) is 0 Å². The SMILES string of the molecule is Cl.NC[C@@H](O)[C@@H](O)[C@H](O)[C@H](O)CO. The summed E-state index contributed by atoms with van der Waals surface area (Å²) >= 11 is 0. The second-order valence-electron chi connectivity index (χ2n) is 2.53. The van der Waals surface area contributed by atoms with Crippen LogP contribution in [0.5, 0.6) is 0 Å². The van der Waals surface area contributed by atoms with Crippen LogP contribution in [0, 0.1) is 0 Å². The van der Waals surface area contributed by atoms with Gasteiger partial charge in [-0.05, 0) is 0 Å². The zero-order valence-electron chi connectivity index (χ0n) is 6.95. The third-order valence-corrected chi connectivity index (χ3v) is 1.57. The van der Waals surface area contributed by atoms with Crippen molar-refractivity contribution < 1.29 is 25.5 Å². The summed E-state index contributed by atoms with van der Waals surface area (Å²) in [5.74, 6) is 0. The zero-order chi connectivity index (χ0) is 9.72. The van der Waals surface area contributed by atoms with Crippen LogP contribution >= 0.6 is 12.4 Å². The Morgan fingerprint density at radius 1 is 0.923 bits per heavy atom. The predicted molar refractivity (Wildman–Crippen MR) is 47.4 cm³/mol. The van der Waals surface area contributed by atoms with Crippen LogP contribution in [0.2, 0.25) is 0 Å². The van der Waals surface area contributed by atoms with Gasteiger partial charge in [-0.3, -0.25) is 0 Å². The topological polar surface area (TPSA) is 127 Å². The molecule has 0 saturated carbocycles. The molecule has 0 aliphatic carbocycles. The summed E-state index contributed by atoms with van der Waals surface area (Å²) in [4.78, 5) is 0. The lowest BCUT2D eigenvalue weighted by Gasteiger charge is -2.24. The first kappa shape index (κ1) is 15.5. The van der Waals surface area contributed by atoms with E-state index < -0.39 is 31.0 Å². The Bertz CT molecular complexity index is 114. The van der Waals surface area contributed by atoms with Crippen molar-refractivity contribution in [2.24, 2.45) is 5.73 Å². The van der Waals surface area contributed by atoms with Gasteiger partial charge in [0.1, 0.15) is 18.3 Å². The average molecular weight is 218 g/mol. The third kappa shape index (κ3) is 4.72. The van der Waals surface area contributed by atoms with Crippen LogP contribution in [0.3, 0.4) is 0 Å². The van der Waals surface area contributed by atoms with Crippen molar-refractivity contribution in [2.75, 3.05) is 13.2 Å². The quantitative estimate of drug-likeness (QED) is 0.288. The molecular formula is C6H16ClNO5. The number of aliphatic hydroxyl groups excluding tert-OH is 5. The van der Waals surface area contributed by atoms with Crippen molar-refractivity contribution in [2.45, 2.75) is 24.4 Å². The Balaban J connectivity index is 0. The molecule has 0 saturated heterocycles. The molecule has 0 aromatic rings. The number of nitrogens with two attached hydrogens (primary N) is 1. The second kappa shape index (κ2) is 7.45. The van der Waals surface area contributed by atoms with Crippen molar-refractivity contribution in [3.8, 4) is 0 Å². The second-order valence-corrected chi connectivity index (χ2v) is 2.53. The predicted octanol–water partition coefficient (Wildman–Crippen LogP) is -3.20. The van der Waals surface area contributed by atoms with Crippen LogP contribution in [0.1, 0.15) is 0 Å². The van der Waals surface area contributed by atoms with Gasteiger partial charge in [-0.15, -0.1) is 12.4 Å². The van der Waals surface area contributed by atoms with Crippen molar-refractivity contribution in [3.05, 3.63) is 0 Å². The molecule has 0 aromatic heterocycles. The number of rotatable bonds is 5. The first-order chi connectivity index (χ1) is 5.54. The lowest BCUT2D eigenvalue weighted by molar-refractivity contribution is -0.112. The third-order valence-electron chi connectivity index (χ3n) is 1.57. The summed E-state index contributed by atoms with van der Waals surface area (Å²) in [7, 11) is 0. The smallest absolute Gasteiger partial charge is 0.111 e. The summed E-state index contributed by atoms with van der Waals surface area (Å²) in [5, 5.41) is 44.2. The molecule has 0 bridgehead atoms. The molecule has 82 valence electrons. The first-order valence-corrected chi connectivity index (χ1v) is 3.57. The minimum absolute atomic E-state index is 0. The molecule has 0 aliphatic heterocycles. The Morgan fingerprint density at radius 3 is 1.62 bits per heavy atom. The molecule has 0 aliphatic rings. The highest BCUT2D eigenvalue weighted by Crippen LogP contribution is 2.03. The molecule has 7 N–H and O–H groups in total. The van der Waals surface area contributed by atoms with E-state index in [2.05, 4.69) is 0 Å². The minimum Gasteiger partial charge on any atom is -0.394 e. The van der Waals surface area contributed by atoms with Gasteiger partial charge in [-0.2, -0.15) is 0 Å². The van der Waals surface area contributed by atoms with Gasteiger partial charge in [0.05, 0.1) is 12.7 Å². The van der Waals surface area contributed by atoms with Crippen LogP contribution in [-0.2, 0) is 0 Å². The van der Waals surface area contributed by atoms with Gasteiger partial charge in [0.25, 0.3) is 0 Å². The number of halogens is 1. The number of aliphatic hydroxyl groups is 5. The summed E-state index contributed by atoms with van der Waals surface area (Å²) < 4.78 is 0. The number of hydrogen-bond acceptors (Lipinski definition) is 6. The Morgan fingerprint density at radius 2 is 1.31 bits per heavy atom. The summed E-state index contributed by atoms with van der Waals surface area (Å²) in [6.07, 6.45) is -5.91. The normalized spacial score (nSPS) is 19.8. The van der Waals surface area contributed by atoms with Crippen LogP contribution in [0.4, 0.5) is 0 Å². The Kier molecular flexibility index (Phi) is 8.90. The van der Waals surface area contributed by atoms with Crippen molar-refractivity contribution in [1.82, 2.24) is 0 Å². The van der Waals surface area contributed by atoms with Crippen molar-refractivity contribution in [3.63, 3.8) is 0 Å². The van der Waals surface area contributed by atoms with E-state index in [1.807, 2.05) is 0 Å². The fourth-order valence-corrected chi connectivity index (χ4v) is 0.703. The highest BCUT2D eigenvalue weighted by Gasteiger charge is 2.28. The van der Waals surface area contributed by atoms with E-state index >= 15 is 0 Å². The molecular weight excluding hydrogens is 202 g/mol. The van der Waals surface area contributed by atoms with E-state index in [9.17, 15) is 0 Å². The molecule has 4 atom stereocenters. The highest BCUT2D eigenvalue weighted by molar-refractivity contribution is 5.85. The fourth-order valence-electron chi connectivity index (χ4n) is 0.703. The molecule has 0 amide bonds. The standard InChI is InChI=1S/C6H15NO5.ClH/c7-1-3(9)5(11)6(12)4(10)2-8;/h3-6,8-12H,1-2,7H2;1H/t3-,4-,5-,6-;/m1./s1. The van der Waals surface area contributed by atoms with E-state index in [-0.39, 0.29) is 19.0 Å². The largest absolute Gasteiger partial charge is 0.394 e.